The summed E-state index contributed by atoms with van der Waals surface area (Å²) < 4.78 is 25.7. The van der Waals surface area contributed by atoms with Crippen molar-refractivity contribution in [3.05, 3.63) is 58.1 Å². The second-order valence-corrected chi connectivity index (χ2v) is 3.85. The standard InChI is InChI=1S/C13H9F2NO3/c14-13(15)10-4-2-1-3-9(10)8-5-6-12(17)11(7-8)16(18)19/h1-7,13,17H. The lowest BCUT2D eigenvalue weighted by molar-refractivity contribution is -0.385. The van der Waals surface area contributed by atoms with E-state index < -0.39 is 22.8 Å². The fourth-order valence-electron chi connectivity index (χ4n) is 1.79. The summed E-state index contributed by atoms with van der Waals surface area (Å²) in [6.07, 6.45) is -2.68. The highest BCUT2D eigenvalue weighted by molar-refractivity contribution is 5.71. The van der Waals surface area contributed by atoms with Gasteiger partial charge in [0.25, 0.3) is 6.43 Å². The molecule has 19 heavy (non-hydrogen) atoms. The summed E-state index contributed by atoms with van der Waals surface area (Å²) in [4.78, 5) is 9.96. The lowest BCUT2D eigenvalue weighted by atomic mass is 9.99. The van der Waals surface area contributed by atoms with Gasteiger partial charge in [-0.05, 0) is 17.2 Å². The van der Waals surface area contributed by atoms with Crippen molar-refractivity contribution in [2.75, 3.05) is 0 Å². The summed E-state index contributed by atoms with van der Waals surface area (Å²) >= 11 is 0. The third-order valence-corrected chi connectivity index (χ3v) is 2.68. The van der Waals surface area contributed by atoms with E-state index in [4.69, 9.17) is 0 Å². The Morgan fingerprint density at radius 2 is 1.84 bits per heavy atom. The Bertz CT molecular complexity index is 629. The van der Waals surface area contributed by atoms with Crippen LogP contribution in [0.5, 0.6) is 5.75 Å². The topological polar surface area (TPSA) is 63.4 Å². The van der Waals surface area contributed by atoms with Crippen LogP contribution in [0, 0.1) is 10.1 Å². The van der Waals surface area contributed by atoms with Crippen molar-refractivity contribution >= 4 is 5.69 Å². The van der Waals surface area contributed by atoms with E-state index in [0.717, 1.165) is 12.1 Å². The number of phenols is 1. The zero-order valence-electron chi connectivity index (χ0n) is 9.59. The molecule has 0 radical (unpaired) electrons. The number of hydrogen-bond donors (Lipinski definition) is 1. The van der Waals surface area contributed by atoms with E-state index in [-0.39, 0.29) is 16.7 Å². The van der Waals surface area contributed by atoms with E-state index in [9.17, 15) is 24.0 Å². The molecule has 2 aromatic rings. The van der Waals surface area contributed by atoms with Gasteiger partial charge in [0.05, 0.1) is 4.92 Å². The molecule has 0 atom stereocenters. The number of hydrogen-bond acceptors (Lipinski definition) is 3. The zero-order valence-corrected chi connectivity index (χ0v) is 9.59. The van der Waals surface area contributed by atoms with E-state index >= 15 is 0 Å². The number of nitro benzene ring substituents is 1. The number of alkyl halides is 2. The van der Waals surface area contributed by atoms with Gasteiger partial charge in [-0.1, -0.05) is 30.3 Å². The average Bonchev–Trinajstić information content (AvgIpc) is 2.39. The lowest BCUT2D eigenvalue weighted by Crippen LogP contribution is -1.92. The van der Waals surface area contributed by atoms with E-state index in [1.165, 1.54) is 24.3 Å². The molecule has 0 aromatic heterocycles. The Kier molecular flexibility index (Phi) is 3.41. The Labute approximate surface area is 107 Å². The lowest BCUT2D eigenvalue weighted by Gasteiger charge is -2.09. The van der Waals surface area contributed by atoms with Crippen molar-refractivity contribution in [2.45, 2.75) is 6.43 Å². The quantitative estimate of drug-likeness (QED) is 0.676. The SMILES string of the molecule is O=[N+]([O-])c1cc(-c2ccccc2C(F)F)ccc1O. The van der Waals surface area contributed by atoms with E-state index in [1.54, 1.807) is 6.07 Å². The van der Waals surface area contributed by atoms with Crippen LogP contribution >= 0.6 is 0 Å². The minimum Gasteiger partial charge on any atom is -0.502 e. The number of aromatic hydroxyl groups is 1. The molecule has 0 unspecified atom stereocenters. The van der Waals surface area contributed by atoms with Crippen molar-refractivity contribution in [1.29, 1.82) is 0 Å². The summed E-state index contributed by atoms with van der Waals surface area (Å²) in [5.41, 5.74) is -0.245. The van der Waals surface area contributed by atoms with Crippen molar-refractivity contribution in [3.8, 4) is 16.9 Å². The van der Waals surface area contributed by atoms with Crippen LogP contribution in [0.15, 0.2) is 42.5 Å². The maximum atomic E-state index is 12.9. The fraction of sp³-hybridized carbons (Fsp3) is 0.0769. The largest absolute Gasteiger partial charge is 0.502 e. The molecule has 0 spiro atoms. The number of phenolic OH excluding ortho intramolecular Hbond substituents is 1. The average molecular weight is 265 g/mol. The fourth-order valence-corrected chi connectivity index (χ4v) is 1.79. The van der Waals surface area contributed by atoms with Gasteiger partial charge < -0.3 is 5.11 Å². The molecule has 0 fully saturated rings. The summed E-state index contributed by atoms with van der Waals surface area (Å²) in [5, 5.41) is 20.1. The third-order valence-electron chi connectivity index (χ3n) is 2.68. The highest BCUT2D eigenvalue weighted by Gasteiger charge is 2.18. The molecule has 0 aliphatic carbocycles. The number of benzene rings is 2. The van der Waals surface area contributed by atoms with Crippen LogP contribution in [0.2, 0.25) is 0 Å². The Morgan fingerprint density at radius 3 is 2.47 bits per heavy atom. The van der Waals surface area contributed by atoms with Crippen molar-refractivity contribution < 1.29 is 18.8 Å². The van der Waals surface area contributed by atoms with Gasteiger partial charge in [-0.3, -0.25) is 10.1 Å². The molecule has 2 rings (SSSR count). The van der Waals surface area contributed by atoms with Gasteiger partial charge in [0.1, 0.15) is 0 Å². The molecule has 1 N–H and O–H groups in total. The van der Waals surface area contributed by atoms with Crippen molar-refractivity contribution in [3.63, 3.8) is 0 Å². The molecule has 0 saturated carbocycles. The van der Waals surface area contributed by atoms with Crippen LogP contribution in [-0.4, -0.2) is 10.0 Å². The highest BCUT2D eigenvalue weighted by atomic mass is 19.3. The Balaban J connectivity index is 2.60. The number of nitro groups is 1. The van der Waals surface area contributed by atoms with Crippen LogP contribution in [-0.2, 0) is 0 Å². The van der Waals surface area contributed by atoms with Gasteiger partial charge in [0.2, 0.25) is 0 Å². The Morgan fingerprint density at radius 1 is 1.16 bits per heavy atom. The van der Waals surface area contributed by atoms with E-state index in [1.807, 2.05) is 0 Å². The van der Waals surface area contributed by atoms with Crippen LogP contribution in [0.4, 0.5) is 14.5 Å². The first-order valence-electron chi connectivity index (χ1n) is 5.35. The van der Waals surface area contributed by atoms with E-state index in [2.05, 4.69) is 0 Å². The van der Waals surface area contributed by atoms with Gasteiger partial charge in [0.15, 0.2) is 5.75 Å². The predicted molar refractivity (Wildman–Crippen MR) is 65.2 cm³/mol. The van der Waals surface area contributed by atoms with Crippen LogP contribution in [0.3, 0.4) is 0 Å². The molecule has 0 saturated heterocycles. The first-order chi connectivity index (χ1) is 9.00. The number of nitrogens with zero attached hydrogens (tertiary/aromatic N) is 1. The molecular formula is C13H9F2NO3. The summed E-state index contributed by atoms with van der Waals surface area (Å²) in [7, 11) is 0. The second-order valence-electron chi connectivity index (χ2n) is 3.85. The van der Waals surface area contributed by atoms with Crippen LogP contribution < -0.4 is 0 Å². The molecule has 0 aliphatic rings. The molecule has 0 heterocycles. The van der Waals surface area contributed by atoms with Crippen LogP contribution in [0.1, 0.15) is 12.0 Å². The van der Waals surface area contributed by atoms with Gasteiger partial charge in [-0.2, -0.15) is 0 Å². The summed E-state index contributed by atoms with van der Waals surface area (Å²) in [5.74, 6) is -0.497. The smallest absolute Gasteiger partial charge is 0.311 e. The molecule has 2 aromatic carbocycles. The molecule has 0 aliphatic heterocycles. The summed E-state index contributed by atoms with van der Waals surface area (Å²) in [6, 6.07) is 9.33. The minimum atomic E-state index is -2.68. The predicted octanol–water partition coefficient (Wildman–Crippen LogP) is 3.91. The van der Waals surface area contributed by atoms with Crippen molar-refractivity contribution in [1.82, 2.24) is 0 Å². The van der Waals surface area contributed by atoms with Crippen molar-refractivity contribution in [2.24, 2.45) is 0 Å². The minimum absolute atomic E-state index is 0.206. The summed E-state index contributed by atoms with van der Waals surface area (Å²) in [6.45, 7) is 0. The second kappa shape index (κ2) is 5.01. The first-order valence-corrected chi connectivity index (χ1v) is 5.35. The highest BCUT2D eigenvalue weighted by Crippen LogP contribution is 2.35. The molecule has 4 nitrogen and oxygen atoms in total. The van der Waals surface area contributed by atoms with E-state index in [0.29, 0.717) is 0 Å². The maximum absolute atomic E-state index is 12.9. The zero-order chi connectivity index (χ0) is 14.0. The van der Waals surface area contributed by atoms with Gasteiger partial charge >= 0.3 is 5.69 Å². The van der Waals surface area contributed by atoms with Gasteiger partial charge in [-0.25, -0.2) is 8.78 Å². The number of halogens is 2. The molecule has 6 heteroatoms. The molecular weight excluding hydrogens is 256 g/mol. The molecule has 0 amide bonds. The normalized spacial score (nSPS) is 10.7. The molecule has 0 bridgehead atoms. The van der Waals surface area contributed by atoms with Crippen LogP contribution in [0.25, 0.3) is 11.1 Å². The monoisotopic (exact) mass is 265 g/mol. The third kappa shape index (κ3) is 2.52. The van der Waals surface area contributed by atoms with Gasteiger partial charge in [-0.15, -0.1) is 0 Å². The molecule has 98 valence electrons. The Hall–Kier alpha value is -2.50. The first kappa shape index (κ1) is 12.9. The number of rotatable bonds is 3. The van der Waals surface area contributed by atoms with Gasteiger partial charge in [0, 0.05) is 11.6 Å². The maximum Gasteiger partial charge on any atom is 0.311 e.